The van der Waals surface area contributed by atoms with Gasteiger partial charge in [0, 0.05) is 6.04 Å². The molecule has 0 aromatic heterocycles. The molecule has 0 saturated heterocycles. The number of rotatable bonds is 0. The second-order valence-corrected chi connectivity index (χ2v) is 9.52. The molecule has 0 heterocycles. The number of hydrogen-bond acceptors (Lipinski definition) is 3. The van der Waals surface area contributed by atoms with E-state index in [1.165, 1.54) is 18.4 Å². The Morgan fingerprint density at radius 1 is 1.00 bits per heavy atom. The fourth-order valence-corrected chi connectivity index (χ4v) is 7.20. The summed E-state index contributed by atoms with van der Waals surface area (Å²) in [7, 11) is 0. The van der Waals surface area contributed by atoms with E-state index in [0.717, 1.165) is 32.1 Å². The van der Waals surface area contributed by atoms with Crippen LogP contribution in [0, 0.1) is 34.5 Å². The molecule has 4 aliphatic carbocycles. The lowest BCUT2D eigenvalue weighted by atomic mass is 9.43. The van der Waals surface area contributed by atoms with Gasteiger partial charge in [0.2, 0.25) is 0 Å². The molecule has 0 radical (unpaired) electrons. The Bertz CT molecular complexity index is 520. The molecule has 130 valence electrons. The maximum atomic E-state index is 11.0. The molecular formula is C20H33NO2. The Kier molecular flexibility index (Phi) is 3.54. The molecule has 4 saturated carbocycles. The van der Waals surface area contributed by atoms with Crippen molar-refractivity contribution in [2.24, 2.45) is 40.2 Å². The van der Waals surface area contributed by atoms with Crippen LogP contribution in [0.4, 0.5) is 0 Å². The van der Waals surface area contributed by atoms with Crippen molar-refractivity contribution in [2.75, 3.05) is 0 Å². The van der Waals surface area contributed by atoms with Gasteiger partial charge in [-0.1, -0.05) is 26.0 Å². The maximum absolute atomic E-state index is 11.0. The molecule has 4 fully saturated rings. The Morgan fingerprint density at radius 3 is 2.48 bits per heavy atom. The summed E-state index contributed by atoms with van der Waals surface area (Å²) in [6.45, 7) is 9.07. The fourth-order valence-electron chi connectivity index (χ4n) is 7.20. The summed E-state index contributed by atoms with van der Waals surface area (Å²) >= 11 is 0. The molecule has 0 amide bonds. The van der Waals surface area contributed by atoms with Crippen LogP contribution in [-0.2, 0) is 0 Å². The molecule has 0 aromatic rings. The first-order valence-electron chi connectivity index (χ1n) is 9.59. The molecule has 3 heteroatoms. The van der Waals surface area contributed by atoms with E-state index in [0.29, 0.717) is 11.8 Å². The Hall–Kier alpha value is -0.380. The molecule has 0 unspecified atom stereocenters. The van der Waals surface area contributed by atoms with Crippen molar-refractivity contribution < 1.29 is 10.2 Å². The van der Waals surface area contributed by atoms with E-state index in [1.54, 1.807) is 0 Å². The van der Waals surface area contributed by atoms with Crippen LogP contribution >= 0.6 is 0 Å². The Morgan fingerprint density at radius 2 is 1.74 bits per heavy atom. The van der Waals surface area contributed by atoms with Gasteiger partial charge in [-0.05, 0) is 79.4 Å². The van der Waals surface area contributed by atoms with Crippen molar-refractivity contribution in [3.05, 3.63) is 12.2 Å². The van der Waals surface area contributed by atoms with E-state index in [4.69, 9.17) is 5.73 Å². The van der Waals surface area contributed by atoms with E-state index in [9.17, 15) is 10.2 Å². The largest absolute Gasteiger partial charge is 0.390 e. The van der Waals surface area contributed by atoms with Crippen LogP contribution in [0.25, 0.3) is 0 Å². The summed E-state index contributed by atoms with van der Waals surface area (Å²) in [5, 5.41) is 22.0. The van der Waals surface area contributed by atoms with Gasteiger partial charge in [-0.15, -0.1) is 0 Å². The van der Waals surface area contributed by atoms with E-state index >= 15 is 0 Å². The molecule has 23 heavy (non-hydrogen) atoms. The second-order valence-electron chi connectivity index (χ2n) is 9.52. The monoisotopic (exact) mass is 319 g/mol. The van der Waals surface area contributed by atoms with Gasteiger partial charge in [0.05, 0.1) is 12.2 Å². The van der Waals surface area contributed by atoms with Gasteiger partial charge in [0.15, 0.2) is 0 Å². The first-order valence-corrected chi connectivity index (χ1v) is 9.59. The topological polar surface area (TPSA) is 66.5 Å². The van der Waals surface area contributed by atoms with Gasteiger partial charge in [0.25, 0.3) is 0 Å². The molecule has 4 N–H and O–H groups in total. The third-order valence-electron chi connectivity index (χ3n) is 8.75. The summed E-state index contributed by atoms with van der Waals surface area (Å²) in [6.07, 6.45) is 6.45. The van der Waals surface area contributed by atoms with Crippen molar-refractivity contribution in [3.8, 4) is 0 Å². The second kappa shape index (κ2) is 5.06. The lowest BCUT2D eigenvalue weighted by Crippen LogP contribution is -2.64. The average Bonchev–Trinajstić information content (AvgIpc) is 2.82. The maximum Gasteiger partial charge on any atom is 0.0836 e. The number of hydrogen-bond donors (Lipinski definition) is 3. The number of aliphatic hydroxyl groups is 2. The van der Waals surface area contributed by atoms with Gasteiger partial charge < -0.3 is 15.9 Å². The molecule has 0 bridgehead atoms. The van der Waals surface area contributed by atoms with E-state index in [1.807, 2.05) is 0 Å². The van der Waals surface area contributed by atoms with Crippen LogP contribution in [-0.4, -0.2) is 28.5 Å². The van der Waals surface area contributed by atoms with Crippen molar-refractivity contribution in [1.82, 2.24) is 0 Å². The van der Waals surface area contributed by atoms with Gasteiger partial charge in [-0.2, -0.15) is 0 Å². The predicted molar refractivity (Wildman–Crippen MR) is 91.6 cm³/mol. The van der Waals surface area contributed by atoms with Crippen molar-refractivity contribution >= 4 is 0 Å². The highest BCUT2D eigenvalue weighted by Gasteiger charge is 2.63. The van der Waals surface area contributed by atoms with E-state index in [2.05, 4.69) is 20.4 Å². The average molecular weight is 319 g/mol. The third kappa shape index (κ3) is 1.99. The molecular weight excluding hydrogens is 286 g/mol. The standard InChI is InChI=1S/C20H33NO2/c1-11-4-5-13-16-14(7-9-19(11,13)2)20(3)8-6-12(21)10-15(20)17(22)18(16)23/h12-18,22-23H,1,4-10,21H2,2-3H3/t12-,13-,14-,15+,16-,17+,18+,19+,20+/m0/s1. The van der Waals surface area contributed by atoms with Crippen LogP contribution < -0.4 is 5.73 Å². The molecule has 4 aliphatic rings. The quantitative estimate of drug-likeness (QED) is 0.602. The number of aliphatic hydroxyl groups excluding tert-OH is 2. The zero-order chi connectivity index (χ0) is 16.6. The van der Waals surface area contributed by atoms with E-state index in [-0.39, 0.29) is 28.7 Å². The van der Waals surface area contributed by atoms with Crippen molar-refractivity contribution in [3.63, 3.8) is 0 Å². The van der Waals surface area contributed by atoms with Gasteiger partial charge >= 0.3 is 0 Å². The van der Waals surface area contributed by atoms with Crippen LogP contribution in [0.15, 0.2) is 12.2 Å². The summed E-state index contributed by atoms with van der Waals surface area (Å²) in [4.78, 5) is 0. The van der Waals surface area contributed by atoms with Crippen LogP contribution in [0.3, 0.4) is 0 Å². The molecule has 3 nitrogen and oxygen atoms in total. The highest BCUT2D eigenvalue weighted by atomic mass is 16.3. The lowest BCUT2D eigenvalue weighted by molar-refractivity contribution is -0.210. The van der Waals surface area contributed by atoms with Crippen molar-refractivity contribution in [2.45, 2.75) is 77.0 Å². The summed E-state index contributed by atoms with van der Waals surface area (Å²) in [5.74, 6) is 1.42. The van der Waals surface area contributed by atoms with Crippen molar-refractivity contribution in [1.29, 1.82) is 0 Å². The van der Waals surface area contributed by atoms with Gasteiger partial charge in [-0.3, -0.25) is 0 Å². The number of fused-ring (bicyclic) bond motifs is 5. The lowest BCUT2D eigenvalue weighted by Gasteiger charge is -2.63. The highest BCUT2D eigenvalue weighted by molar-refractivity contribution is 5.23. The first kappa shape index (κ1) is 16.1. The predicted octanol–water partition coefficient (Wildman–Crippen LogP) is 2.85. The normalized spacial score (nSPS) is 59.2. The fraction of sp³-hybridized carbons (Fsp3) is 0.900. The Balaban J connectivity index is 1.73. The Labute approximate surface area is 140 Å². The van der Waals surface area contributed by atoms with Gasteiger partial charge in [-0.25, -0.2) is 0 Å². The molecule has 0 spiro atoms. The van der Waals surface area contributed by atoms with Crippen LogP contribution in [0.2, 0.25) is 0 Å². The molecule has 4 rings (SSSR count). The van der Waals surface area contributed by atoms with Gasteiger partial charge in [0.1, 0.15) is 0 Å². The zero-order valence-corrected chi connectivity index (χ0v) is 14.7. The smallest absolute Gasteiger partial charge is 0.0836 e. The van der Waals surface area contributed by atoms with Crippen LogP contribution in [0.5, 0.6) is 0 Å². The first-order chi connectivity index (χ1) is 10.8. The summed E-state index contributed by atoms with van der Waals surface area (Å²) in [5.41, 5.74) is 7.89. The SMILES string of the molecule is C=C1CC[C@H]2[C@@H]3[C@@H](O)[C@H](O)[C@H]4C[C@@H](N)CC[C@]4(C)[C@H]3CC[C@]12C. The minimum absolute atomic E-state index is 0.143. The highest BCUT2D eigenvalue weighted by Crippen LogP contribution is 2.66. The summed E-state index contributed by atoms with van der Waals surface area (Å²) < 4.78 is 0. The molecule has 0 aromatic carbocycles. The number of allylic oxidation sites excluding steroid dienone is 1. The molecule has 9 atom stereocenters. The third-order valence-corrected chi connectivity index (χ3v) is 8.75. The number of nitrogens with two attached hydrogens (primary N) is 1. The minimum atomic E-state index is -0.608. The van der Waals surface area contributed by atoms with E-state index < -0.39 is 12.2 Å². The summed E-state index contributed by atoms with van der Waals surface area (Å²) in [6, 6.07) is 0.187. The zero-order valence-electron chi connectivity index (χ0n) is 14.7. The minimum Gasteiger partial charge on any atom is -0.390 e. The molecule has 0 aliphatic heterocycles. The van der Waals surface area contributed by atoms with Crippen LogP contribution in [0.1, 0.15) is 58.8 Å².